The van der Waals surface area contributed by atoms with Crippen molar-refractivity contribution in [2.75, 3.05) is 12.4 Å². The highest BCUT2D eigenvalue weighted by Gasteiger charge is 2.15. The molecule has 0 aliphatic heterocycles. The van der Waals surface area contributed by atoms with E-state index in [0.29, 0.717) is 31.5 Å². The summed E-state index contributed by atoms with van der Waals surface area (Å²) in [5.74, 6) is -0.188. The first-order chi connectivity index (χ1) is 15.8. The van der Waals surface area contributed by atoms with E-state index >= 15 is 0 Å². The lowest BCUT2D eigenvalue weighted by Crippen LogP contribution is -2.14. The smallest absolute Gasteiger partial charge is 0.343 e. The van der Waals surface area contributed by atoms with Crippen LogP contribution in [0.4, 0.5) is 5.69 Å². The lowest BCUT2D eigenvalue weighted by Gasteiger charge is -2.10. The summed E-state index contributed by atoms with van der Waals surface area (Å²) in [5.41, 5.74) is 2.32. The zero-order valence-electron chi connectivity index (χ0n) is 17.7. The quantitative estimate of drug-likeness (QED) is 0.163. The highest BCUT2D eigenvalue weighted by Crippen LogP contribution is 2.32. The highest BCUT2D eigenvalue weighted by atomic mass is 79.9. The van der Waals surface area contributed by atoms with Crippen LogP contribution in [0.3, 0.4) is 0 Å². The Balaban J connectivity index is 1.77. The normalized spacial score (nSPS) is 10.8. The molecule has 0 bridgehead atoms. The second kappa shape index (κ2) is 10.9. The van der Waals surface area contributed by atoms with E-state index in [4.69, 9.17) is 9.47 Å². The van der Waals surface area contributed by atoms with Crippen molar-refractivity contribution in [1.82, 2.24) is 0 Å². The van der Waals surface area contributed by atoms with Gasteiger partial charge in [-0.1, -0.05) is 12.1 Å². The van der Waals surface area contributed by atoms with Crippen molar-refractivity contribution < 1.29 is 19.1 Å². The molecule has 0 heterocycles. The number of aryl methyl sites for hydroxylation is 1. The summed E-state index contributed by atoms with van der Waals surface area (Å²) in [6.07, 6.45) is 1.43. The number of methoxy groups -OCH3 is 1. The van der Waals surface area contributed by atoms with Crippen molar-refractivity contribution in [1.29, 1.82) is 5.26 Å². The molecule has 0 fully saturated rings. The van der Waals surface area contributed by atoms with Gasteiger partial charge in [0, 0.05) is 8.95 Å². The van der Waals surface area contributed by atoms with Crippen molar-refractivity contribution in [3.8, 4) is 17.6 Å². The number of anilines is 1. The van der Waals surface area contributed by atoms with Crippen LogP contribution in [0.2, 0.25) is 0 Å². The molecule has 1 amide bonds. The minimum atomic E-state index is -0.566. The lowest BCUT2D eigenvalue weighted by molar-refractivity contribution is -0.112. The Hall–Kier alpha value is -3.41. The van der Waals surface area contributed by atoms with Crippen LogP contribution in [0.5, 0.6) is 11.5 Å². The van der Waals surface area contributed by atoms with Gasteiger partial charge in [-0.05, 0) is 105 Å². The molecular weight excluding hydrogens is 552 g/mol. The third kappa shape index (κ3) is 6.31. The first-order valence-corrected chi connectivity index (χ1v) is 11.2. The Morgan fingerprint density at radius 2 is 1.67 bits per heavy atom. The summed E-state index contributed by atoms with van der Waals surface area (Å²) < 4.78 is 11.9. The molecule has 0 aliphatic carbocycles. The van der Waals surface area contributed by atoms with Crippen molar-refractivity contribution in [2.45, 2.75) is 6.92 Å². The molecule has 6 nitrogen and oxygen atoms in total. The molecule has 1 N–H and O–H groups in total. The van der Waals surface area contributed by atoms with Gasteiger partial charge < -0.3 is 14.8 Å². The number of carbonyl (C=O) groups excluding carboxylic acids is 2. The summed E-state index contributed by atoms with van der Waals surface area (Å²) in [7, 11) is 1.54. The predicted octanol–water partition coefficient (Wildman–Crippen LogP) is 6.29. The van der Waals surface area contributed by atoms with Crippen molar-refractivity contribution in [3.63, 3.8) is 0 Å². The van der Waals surface area contributed by atoms with E-state index in [-0.39, 0.29) is 11.3 Å². The summed E-state index contributed by atoms with van der Waals surface area (Å²) in [6, 6.07) is 18.7. The van der Waals surface area contributed by atoms with E-state index in [2.05, 4.69) is 37.2 Å². The number of esters is 1. The Bertz CT molecular complexity index is 1260. The minimum absolute atomic E-state index is 0.104. The number of nitrogens with zero attached hydrogens (tertiary/aromatic N) is 1. The minimum Gasteiger partial charge on any atom is -0.497 e. The molecule has 3 rings (SSSR count). The molecular formula is C25H18Br2N2O4. The number of ether oxygens (including phenoxy) is 2. The molecule has 33 heavy (non-hydrogen) atoms. The van der Waals surface area contributed by atoms with Gasteiger partial charge in [-0.2, -0.15) is 5.26 Å². The van der Waals surface area contributed by atoms with Crippen LogP contribution in [0, 0.1) is 18.3 Å². The van der Waals surface area contributed by atoms with Gasteiger partial charge in [-0.3, -0.25) is 4.79 Å². The van der Waals surface area contributed by atoms with Crippen LogP contribution >= 0.6 is 31.9 Å². The molecule has 3 aromatic rings. The lowest BCUT2D eigenvalue weighted by atomic mass is 10.1. The van der Waals surface area contributed by atoms with Crippen LogP contribution in [-0.4, -0.2) is 19.0 Å². The van der Waals surface area contributed by atoms with Gasteiger partial charge in [-0.15, -0.1) is 0 Å². The number of halogens is 2. The molecule has 0 aromatic heterocycles. The fraction of sp³-hybridized carbons (Fsp3) is 0.0800. The fourth-order valence-electron chi connectivity index (χ4n) is 2.88. The van der Waals surface area contributed by atoms with E-state index in [1.54, 1.807) is 55.6 Å². The topological polar surface area (TPSA) is 88.4 Å². The fourth-order valence-corrected chi connectivity index (χ4v) is 4.49. The van der Waals surface area contributed by atoms with Gasteiger partial charge in [0.25, 0.3) is 5.91 Å². The standard InChI is InChI=1S/C25H18Br2N2O4/c1-15-10-21(26)23(22(27)11-15)29-24(30)18(14-28)12-16-4-3-5-20(13-16)33-25(31)17-6-8-19(32-2)9-7-17/h3-13H,1-2H3,(H,29,30)/b18-12+. The van der Waals surface area contributed by atoms with Gasteiger partial charge in [-0.25, -0.2) is 4.79 Å². The Kier molecular flexibility index (Phi) is 8.04. The first-order valence-electron chi connectivity index (χ1n) is 9.66. The number of hydrogen-bond acceptors (Lipinski definition) is 5. The van der Waals surface area contributed by atoms with Crippen LogP contribution < -0.4 is 14.8 Å². The average molecular weight is 570 g/mol. The Labute approximate surface area is 208 Å². The van der Waals surface area contributed by atoms with Gasteiger partial charge in [0.15, 0.2) is 0 Å². The van der Waals surface area contributed by atoms with Crippen LogP contribution in [0.25, 0.3) is 6.08 Å². The molecule has 0 atom stereocenters. The van der Waals surface area contributed by atoms with Gasteiger partial charge >= 0.3 is 5.97 Å². The number of nitrogens with one attached hydrogen (secondary N) is 1. The largest absolute Gasteiger partial charge is 0.497 e. The molecule has 3 aromatic carbocycles. The summed E-state index contributed by atoms with van der Waals surface area (Å²) >= 11 is 6.84. The maximum absolute atomic E-state index is 12.7. The number of rotatable bonds is 6. The third-order valence-corrected chi connectivity index (χ3v) is 5.75. The first kappa shape index (κ1) is 24.2. The van der Waals surface area contributed by atoms with E-state index in [0.717, 1.165) is 5.56 Å². The predicted molar refractivity (Wildman–Crippen MR) is 133 cm³/mol. The molecule has 0 aliphatic rings. The zero-order valence-corrected chi connectivity index (χ0v) is 20.9. The molecule has 0 saturated heterocycles. The molecule has 0 saturated carbocycles. The van der Waals surface area contributed by atoms with Crippen LogP contribution in [0.15, 0.2) is 75.2 Å². The summed E-state index contributed by atoms with van der Waals surface area (Å²) in [5, 5.41) is 12.3. The maximum Gasteiger partial charge on any atom is 0.343 e. The Morgan fingerprint density at radius 3 is 2.27 bits per heavy atom. The van der Waals surface area contributed by atoms with Gasteiger partial charge in [0.1, 0.15) is 23.1 Å². The highest BCUT2D eigenvalue weighted by molar-refractivity contribution is 9.11. The van der Waals surface area contributed by atoms with E-state index in [9.17, 15) is 14.9 Å². The SMILES string of the molecule is COc1ccc(C(=O)Oc2cccc(/C=C(\C#N)C(=O)Nc3c(Br)cc(C)cc3Br)c2)cc1. The Morgan fingerprint density at radius 1 is 1.00 bits per heavy atom. The van der Waals surface area contributed by atoms with E-state index < -0.39 is 11.9 Å². The monoisotopic (exact) mass is 568 g/mol. The number of hydrogen-bond donors (Lipinski definition) is 1. The zero-order chi connectivity index (χ0) is 24.0. The van der Waals surface area contributed by atoms with Crippen molar-refractivity contribution in [3.05, 3.63) is 91.9 Å². The van der Waals surface area contributed by atoms with Crippen molar-refractivity contribution >= 4 is 55.5 Å². The average Bonchev–Trinajstić information content (AvgIpc) is 2.80. The molecule has 166 valence electrons. The summed E-state index contributed by atoms with van der Waals surface area (Å²) in [6.45, 7) is 1.93. The van der Waals surface area contributed by atoms with Gasteiger partial charge in [0.05, 0.1) is 18.4 Å². The molecule has 0 spiro atoms. The molecule has 8 heteroatoms. The number of benzene rings is 3. The second-order valence-corrected chi connectivity index (χ2v) is 8.63. The number of nitriles is 1. The van der Waals surface area contributed by atoms with Gasteiger partial charge in [0.2, 0.25) is 0 Å². The summed E-state index contributed by atoms with van der Waals surface area (Å²) in [4.78, 5) is 25.1. The van der Waals surface area contributed by atoms with E-state index in [1.807, 2.05) is 25.1 Å². The molecule has 0 radical (unpaired) electrons. The number of carbonyl (C=O) groups is 2. The van der Waals surface area contributed by atoms with Crippen LogP contribution in [-0.2, 0) is 4.79 Å². The molecule has 0 unspecified atom stereocenters. The maximum atomic E-state index is 12.7. The second-order valence-electron chi connectivity index (χ2n) is 6.92. The van der Waals surface area contributed by atoms with Crippen molar-refractivity contribution in [2.24, 2.45) is 0 Å². The van der Waals surface area contributed by atoms with Crippen LogP contribution in [0.1, 0.15) is 21.5 Å². The third-order valence-electron chi connectivity index (χ3n) is 4.50. The van der Waals surface area contributed by atoms with E-state index in [1.165, 1.54) is 6.08 Å². The number of amides is 1.